The van der Waals surface area contributed by atoms with E-state index in [1.165, 1.54) is 11.8 Å². The lowest BCUT2D eigenvalue weighted by atomic mass is 10.3. The van der Waals surface area contributed by atoms with Gasteiger partial charge in [-0.3, -0.25) is 4.79 Å². The van der Waals surface area contributed by atoms with Gasteiger partial charge in [-0.15, -0.1) is 0 Å². The molecule has 1 aliphatic rings. The second kappa shape index (κ2) is 3.51. The standard InChI is InChI=1S/C7H8OS/c8-7-5-3-1-2-4-6-9-7/h2-5H,1,6H2. The fourth-order valence-corrected chi connectivity index (χ4v) is 1.17. The van der Waals surface area contributed by atoms with Crippen molar-refractivity contribution in [1.82, 2.24) is 0 Å². The van der Waals surface area contributed by atoms with Gasteiger partial charge in [0.05, 0.1) is 0 Å². The highest BCUT2D eigenvalue weighted by Crippen LogP contribution is 2.06. The maximum Gasteiger partial charge on any atom is 0.212 e. The summed E-state index contributed by atoms with van der Waals surface area (Å²) in [5.41, 5.74) is 0. The summed E-state index contributed by atoms with van der Waals surface area (Å²) in [7, 11) is 0. The van der Waals surface area contributed by atoms with Crippen molar-refractivity contribution >= 4 is 16.9 Å². The molecular weight excluding hydrogens is 132 g/mol. The van der Waals surface area contributed by atoms with Crippen LogP contribution in [0.4, 0.5) is 0 Å². The Morgan fingerprint density at radius 2 is 2.22 bits per heavy atom. The van der Waals surface area contributed by atoms with Crippen molar-refractivity contribution in [2.75, 3.05) is 5.75 Å². The van der Waals surface area contributed by atoms with E-state index in [4.69, 9.17) is 0 Å². The van der Waals surface area contributed by atoms with E-state index in [0.29, 0.717) is 0 Å². The first kappa shape index (κ1) is 6.62. The third-order valence-corrected chi connectivity index (χ3v) is 1.79. The van der Waals surface area contributed by atoms with Gasteiger partial charge in [0.1, 0.15) is 0 Å². The number of allylic oxidation sites excluding steroid dienone is 2. The molecule has 0 saturated heterocycles. The summed E-state index contributed by atoms with van der Waals surface area (Å²) >= 11 is 1.34. The third-order valence-electron chi connectivity index (χ3n) is 1.01. The third kappa shape index (κ3) is 2.51. The smallest absolute Gasteiger partial charge is 0.212 e. The zero-order valence-corrected chi connectivity index (χ0v) is 5.86. The molecule has 48 valence electrons. The number of hydrogen-bond donors (Lipinski definition) is 0. The van der Waals surface area contributed by atoms with Crippen LogP contribution in [0.1, 0.15) is 6.42 Å². The molecule has 0 unspecified atom stereocenters. The van der Waals surface area contributed by atoms with Crippen LogP contribution in [0.15, 0.2) is 24.3 Å². The van der Waals surface area contributed by atoms with Crippen LogP contribution in [0.2, 0.25) is 0 Å². The highest BCUT2D eigenvalue weighted by molar-refractivity contribution is 8.14. The normalized spacial score (nSPS) is 19.3. The number of thioether (sulfide) groups is 1. The lowest BCUT2D eigenvalue weighted by Crippen LogP contribution is -1.87. The molecular formula is C7H8OS. The van der Waals surface area contributed by atoms with Gasteiger partial charge in [0.25, 0.3) is 0 Å². The van der Waals surface area contributed by atoms with E-state index in [2.05, 4.69) is 6.08 Å². The molecule has 1 aliphatic heterocycles. The predicted octanol–water partition coefficient (Wildman–Crippen LogP) is 1.76. The first-order chi connectivity index (χ1) is 4.39. The molecule has 1 nitrogen and oxygen atoms in total. The van der Waals surface area contributed by atoms with Gasteiger partial charge >= 0.3 is 0 Å². The Morgan fingerprint density at radius 3 is 3.11 bits per heavy atom. The predicted molar refractivity (Wildman–Crippen MR) is 40.4 cm³/mol. The fourth-order valence-electron chi connectivity index (χ4n) is 0.585. The average molecular weight is 140 g/mol. The van der Waals surface area contributed by atoms with Gasteiger partial charge in [0.15, 0.2) is 0 Å². The van der Waals surface area contributed by atoms with E-state index in [-0.39, 0.29) is 5.12 Å². The minimum Gasteiger partial charge on any atom is -0.282 e. The maximum atomic E-state index is 10.7. The molecule has 9 heavy (non-hydrogen) atoms. The van der Waals surface area contributed by atoms with Gasteiger partial charge in [-0.25, -0.2) is 0 Å². The Balaban J connectivity index is 2.50. The van der Waals surface area contributed by atoms with Crippen LogP contribution in [-0.4, -0.2) is 10.9 Å². The van der Waals surface area contributed by atoms with Gasteiger partial charge in [-0.2, -0.15) is 0 Å². The lowest BCUT2D eigenvalue weighted by Gasteiger charge is -1.92. The zero-order valence-electron chi connectivity index (χ0n) is 5.04. The molecule has 1 rings (SSSR count). The molecule has 0 atom stereocenters. The Bertz CT molecular complexity index is 158. The summed E-state index contributed by atoms with van der Waals surface area (Å²) in [6, 6.07) is 0. The fraction of sp³-hybridized carbons (Fsp3) is 0.286. The van der Waals surface area contributed by atoms with Crippen molar-refractivity contribution in [1.29, 1.82) is 0 Å². The number of hydrogen-bond acceptors (Lipinski definition) is 2. The maximum absolute atomic E-state index is 10.7. The van der Waals surface area contributed by atoms with Gasteiger partial charge in [-0.05, 0) is 12.5 Å². The van der Waals surface area contributed by atoms with Crippen molar-refractivity contribution in [3.8, 4) is 0 Å². The summed E-state index contributed by atoms with van der Waals surface area (Å²) in [6.07, 6.45) is 8.49. The van der Waals surface area contributed by atoms with Gasteiger partial charge in [-0.1, -0.05) is 30.0 Å². The zero-order chi connectivity index (χ0) is 6.53. The monoisotopic (exact) mass is 140 g/mol. The Kier molecular flexibility index (Phi) is 2.58. The van der Waals surface area contributed by atoms with Crippen LogP contribution in [0.25, 0.3) is 0 Å². The molecule has 0 fully saturated rings. The summed E-state index contributed by atoms with van der Waals surface area (Å²) in [4.78, 5) is 10.7. The molecule has 0 amide bonds. The minimum absolute atomic E-state index is 0.166. The molecule has 0 aromatic rings. The number of carbonyl (C=O) groups excluding carboxylic acids is 1. The molecule has 0 spiro atoms. The molecule has 0 aliphatic carbocycles. The largest absolute Gasteiger partial charge is 0.282 e. The van der Waals surface area contributed by atoms with E-state index in [9.17, 15) is 4.79 Å². The highest BCUT2D eigenvalue weighted by Gasteiger charge is 1.94. The number of rotatable bonds is 0. The van der Waals surface area contributed by atoms with E-state index >= 15 is 0 Å². The Morgan fingerprint density at radius 1 is 1.33 bits per heavy atom. The summed E-state index contributed by atoms with van der Waals surface area (Å²) < 4.78 is 0. The number of carbonyl (C=O) groups is 1. The van der Waals surface area contributed by atoms with Gasteiger partial charge < -0.3 is 0 Å². The Labute approximate surface area is 58.8 Å². The molecule has 0 saturated carbocycles. The molecule has 0 aromatic heterocycles. The molecule has 0 aromatic carbocycles. The summed E-state index contributed by atoms with van der Waals surface area (Å²) in [5.74, 6) is 0.823. The average Bonchev–Trinajstić information content (AvgIpc) is 1.79. The second-order valence-corrected chi connectivity index (χ2v) is 2.76. The highest BCUT2D eigenvalue weighted by atomic mass is 32.2. The van der Waals surface area contributed by atoms with E-state index in [0.717, 1.165) is 12.2 Å². The van der Waals surface area contributed by atoms with Crippen molar-refractivity contribution < 1.29 is 4.79 Å². The van der Waals surface area contributed by atoms with Crippen LogP contribution in [0, 0.1) is 0 Å². The van der Waals surface area contributed by atoms with Crippen LogP contribution in [0.3, 0.4) is 0 Å². The molecule has 2 heteroatoms. The topological polar surface area (TPSA) is 17.1 Å². The van der Waals surface area contributed by atoms with Gasteiger partial charge in [0, 0.05) is 5.75 Å². The molecule has 1 heterocycles. The Hall–Kier alpha value is -0.500. The van der Waals surface area contributed by atoms with E-state index in [1.807, 2.05) is 12.2 Å². The summed E-state index contributed by atoms with van der Waals surface area (Å²) in [6.45, 7) is 0. The van der Waals surface area contributed by atoms with Crippen molar-refractivity contribution in [2.24, 2.45) is 0 Å². The lowest BCUT2D eigenvalue weighted by molar-refractivity contribution is -0.107. The first-order valence-electron chi connectivity index (χ1n) is 2.88. The van der Waals surface area contributed by atoms with E-state index < -0.39 is 0 Å². The van der Waals surface area contributed by atoms with Crippen LogP contribution in [-0.2, 0) is 4.79 Å². The van der Waals surface area contributed by atoms with Crippen molar-refractivity contribution in [2.45, 2.75) is 6.42 Å². The SMILES string of the molecule is O=C1C=CCC=CCS1. The summed E-state index contributed by atoms with van der Waals surface area (Å²) in [5, 5.41) is 0.166. The second-order valence-electron chi connectivity index (χ2n) is 1.74. The first-order valence-corrected chi connectivity index (χ1v) is 3.86. The molecule has 0 radical (unpaired) electrons. The minimum atomic E-state index is 0.166. The van der Waals surface area contributed by atoms with Crippen LogP contribution in [0.5, 0.6) is 0 Å². The van der Waals surface area contributed by atoms with Gasteiger partial charge in [0.2, 0.25) is 5.12 Å². The quantitative estimate of drug-likeness (QED) is 0.477. The van der Waals surface area contributed by atoms with Crippen molar-refractivity contribution in [3.63, 3.8) is 0 Å². The van der Waals surface area contributed by atoms with Crippen LogP contribution < -0.4 is 0 Å². The van der Waals surface area contributed by atoms with E-state index in [1.54, 1.807) is 6.08 Å². The van der Waals surface area contributed by atoms with Crippen LogP contribution >= 0.6 is 11.8 Å². The molecule has 0 N–H and O–H groups in total. The molecule has 0 bridgehead atoms. The van der Waals surface area contributed by atoms with Crippen molar-refractivity contribution in [3.05, 3.63) is 24.3 Å².